The van der Waals surface area contributed by atoms with Gasteiger partial charge in [0.05, 0.1) is 6.04 Å². The van der Waals surface area contributed by atoms with Gasteiger partial charge in [-0.1, -0.05) is 18.2 Å². The molecular weight excluding hydrogens is 342 g/mol. The van der Waals surface area contributed by atoms with Gasteiger partial charge in [-0.3, -0.25) is 15.6 Å². The maximum Gasteiger partial charge on any atom is 0.254 e. The van der Waals surface area contributed by atoms with E-state index in [9.17, 15) is 4.79 Å². The van der Waals surface area contributed by atoms with Gasteiger partial charge in [-0.2, -0.15) is 0 Å². The second-order valence-corrected chi connectivity index (χ2v) is 7.01. The summed E-state index contributed by atoms with van der Waals surface area (Å²) in [4.78, 5) is 19.1. The zero-order chi connectivity index (χ0) is 18.6. The minimum absolute atomic E-state index is 0.0574. The molecule has 2 aliphatic heterocycles. The number of carbonyl (C=O) groups is 1. The quantitative estimate of drug-likeness (QED) is 0.744. The molecule has 3 heterocycles. The van der Waals surface area contributed by atoms with Crippen molar-refractivity contribution in [3.63, 3.8) is 0 Å². The fraction of sp³-hybridized carbons (Fsp3) is 0.400. The van der Waals surface area contributed by atoms with Crippen LogP contribution in [-0.4, -0.2) is 54.6 Å². The van der Waals surface area contributed by atoms with Gasteiger partial charge >= 0.3 is 0 Å². The standard InChI is InChI=1S/C20H25N5O2/c1-21-19-11-14(7-9-22-19)20(26)25-10-8-17-16(12-25)18(24-23-17)13-27-15-5-3-2-4-6-15/h2-7,9,11,16-18,23-24H,8,10,12-13H2,1H3,(H,21,22). The lowest BCUT2D eigenvalue weighted by molar-refractivity contribution is 0.0640. The van der Waals surface area contributed by atoms with Crippen molar-refractivity contribution in [2.45, 2.75) is 18.5 Å². The van der Waals surface area contributed by atoms with E-state index >= 15 is 0 Å². The number of nitrogens with one attached hydrogen (secondary N) is 3. The number of hydrazine groups is 1. The van der Waals surface area contributed by atoms with Gasteiger partial charge in [-0.05, 0) is 30.7 Å². The van der Waals surface area contributed by atoms with Crippen LogP contribution in [0.25, 0.3) is 0 Å². The number of amides is 1. The maximum absolute atomic E-state index is 12.9. The molecule has 1 aromatic carbocycles. The molecule has 7 nitrogen and oxygen atoms in total. The van der Waals surface area contributed by atoms with Crippen molar-refractivity contribution in [3.8, 4) is 5.75 Å². The van der Waals surface area contributed by atoms with Crippen LogP contribution in [0.3, 0.4) is 0 Å². The molecule has 4 rings (SSSR count). The van der Waals surface area contributed by atoms with Crippen LogP contribution < -0.4 is 20.9 Å². The van der Waals surface area contributed by atoms with Gasteiger partial charge in [0, 0.05) is 43.9 Å². The number of likely N-dealkylation sites (tertiary alicyclic amines) is 1. The third kappa shape index (κ3) is 3.89. The predicted octanol–water partition coefficient (Wildman–Crippen LogP) is 1.51. The number of carbonyl (C=O) groups excluding carboxylic acids is 1. The molecule has 1 aromatic heterocycles. The van der Waals surface area contributed by atoms with Crippen LogP contribution in [0.15, 0.2) is 48.7 Å². The van der Waals surface area contributed by atoms with E-state index in [0.29, 0.717) is 36.5 Å². The Morgan fingerprint density at radius 2 is 2.15 bits per heavy atom. The Morgan fingerprint density at radius 1 is 1.30 bits per heavy atom. The fourth-order valence-corrected chi connectivity index (χ4v) is 3.83. The average molecular weight is 367 g/mol. The van der Waals surface area contributed by atoms with E-state index in [1.807, 2.05) is 35.2 Å². The Kier molecular flexibility index (Phi) is 5.22. The molecule has 0 spiro atoms. The Labute approximate surface area is 159 Å². The van der Waals surface area contributed by atoms with Crippen molar-refractivity contribution in [1.82, 2.24) is 20.7 Å². The highest BCUT2D eigenvalue weighted by Gasteiger charge is 2.41. The summed E-state index contributed by atoms with van der Waals surface area (Å²) in [5.74, 6) is 1.94. The monoisotopic (exact) mass is 367 g/mol. The zero-order valence-corrected chi connectivity index (χ0v) is 15.4. The van der Waals surface area contributed by atoms with Crippen LogP contribution in [0, 0.1) is 5.92 Å². The molecule has 3 N–H and O–H groups in total. The molecule has 7 heteroatoms. The lowest BCUT2D eigenvalue weighted by atomic mass is 9.88. The minimum atomic E-state index is 0.0574. The number of nitrogens with zero attached hydrogens (tertiary/aromatic N) is 2. The van der Waals surface area contributed by atoms with Gasteiger partial charge in [-0.15, -0.1) is 0 Å². The molecule has 142 valence electrons. The molecule has 0 aliphatic carbocycles. The average Bonchev–Trinajstić information content (AvgIpc) is 3.14. The smallest absolute Gasteiger partial charge is 0.254 e. The molecule has 27 heavy (non-hydrogen) atoms. The molecule has 3 unspecified atom stereocenters. The molecule has 2 aromatic rings. The van der Waals surface area contributed by atoms with E-state index in [4.69, 9.17) is 4.74 Å². The Balaban J connectivity index is 1.40. The summed E-state index contributed by atoms with van der Waals surface area (Å²) in [5.41, 5.74) is 7.40. The highest BCUT2D eigenvalue weighted by atomic mass is 16.5. The maximum atomic E-state index is 12.9. The van der Waals surface area contributed by atoms with Crippen molar-refractivity contribution in [2.75, 3.05) is 32.1 Å². The zero-order valence-electron chi connectivity index (χ0n) is 15.4. The van der Waals surface area contributed by atoms with Crippen molar-refractivity contribution >= 4 is 11.7 Å². The minimum Gasteiger partial charge on any atom is -0.492 e. The molecule has 2 fully saturated rings. The summed E-state index contributed by atoms with van der Waals surface area (Å²) in [6, 6.07) is 13.9. The third-order valence-electron chi connectivity index (χ3n) is 5.35. The number of para-hydroxylation sites is 1. The lowest BCUT2D eigenvalue weighted by Gasteiger charge is -2.36. The Bertz CT molecular complexity index is 785. The van der Waals surface area contributed by atoms with Crippen molar-refractivity contribution in [3.05, 3.63) is 54.2 Å². The van der Waals surface area contributed by atoms with Crippen molar-refractivity contribution in [2.24, 2.45) is 5.92 Å². The number of piperidine rings is 1. The van der Waals surface area contributed by atoms with Gasteiger partial charge < -0.3 is 15.0 Å². The van der Waals surface area contributed by atoms with E-state index < -0.39 is 0 Å². The summed E-state index contributed by atoms with van der Waals surface area (Å²) >= 11 is 0. The van der Waals surface area contributed by atoms with Gasteiger partial charge in [-0.25, -0.2) is 4.98 Å². The van der Waals surface area contributed by atoms with E-state index in [-0.39, 0.29) is 11.9 Å². The number of fused-ring (bicyclic) bond motifs is 1. The predicted molar refractivity (Wildman–Crippen MR) is 104 cm³/mol. The van der Waals surface area contributed by atoms with E-state index in [1.54, 1.807) is 25.4 Å². The number of aromatic nitrogens is 1. The first-order chi connectivity index (χ1) is 13.2. The molecule has 0 saturated carbocycles. The summed E-state index contributed by atoms with van der Waals surface area (Å²) in [7, 11) is 1.80. The van der Waals surface area contributed by atoms with Gasteiger partial charge in [0.15, 0.2) is 0 Å². The third-order valence-corrected chi connectivity index (χ3v) is 5.35. The van der Waals surface area contributed by atoms with Crippen molar-refractivity contribution in [1.29, 1.82) is 0 Å². The fourth-order valence-electron chi connectivity index (χ4n) is 3.83. The Morgan fingerprint density at radius 3 is 2.96 bits per heavy atom. The number of hydrogen-bond donors (Lipinski definition) is 3. The van der Waals surface area contributed by atoms with Crippen molar-refractivity contribution < 1.29 is 9.53 Å². The van der Waals surface area contributed by atoms with Crippen LogP contribution in [0.5, 0.6) is 5.75 Å². The summed E-state index contributed by atoms with van der Waals surface area (Å²) in [5, 5.41) is 2.98. The summed E-state index contributed by atoms with van der Waals surface area (Å²) < 4.78 is 5.93. The number of anilines is 1. The van der Waals surface area contributed by atoms with Crippen LogP contribution in [-0.2, 0) is 0 Å². The van der Waals surface area contributed by atoms with Crippen LogP contribution >= 0.6 is 0 Å². The number of rotatable bonds is 5. The van der Waals surface area contributed by atoms with E-state index in [2.05, 4.69) is 21.2 Å². The number of pyridine rings is 1. The largest absolute Gasteiger partial charge is 0.492 e. The molecule has 0 radical (unpaired) electrons. The summed E-state index contributed by atoms with van der Waals surface area (Å²) in [6.45, 7) is 2.03. The van der Waals surface area contributed by atoms with E-state index in [0.717, 1.165) is 18.7 Å². The first-order valence-corrected chi connectivity index (χ1v) is 9.36. The molecule has 3 atom stereocenters. The second kappa shape index (κ2) is 7.94. The van der Waals surface area contributed by atoms with Gasteiger partial charge in [0.1, 0.15) is 18.2 Å². The lowest BCUT2D eigenvalue weighted by Crippen LogP contribution is -2.49. The van der Waals surface area contributed by atoms with Gasteiger partial charge in [0.25, 0.3) is 5.91 Å². The van der Waals surface area contributed by atoms with Gasteiger partial charge in [0.2, 0.25) is 0 Å². The van der Waals surface area contributed by atoms with Crippen LogP contribution in [0.2, 0.25) is 0 Å². The highest BCUT2D eigenvalue weighted by molar-refractivity contribution is 5.94. The van der Waals surface area contributed by atoms with Crippen LogP contribution in [0.4, 0.5) is 5.82 Å². The topological polar surface area (TPSA) is 78.5 Å². The molecule has 2 aliphatic rings. The van der Waals surface area contributed by atoms with E-state index in [1.165, 1.54) is 0 Å². The molecule has 0 bridgehead atoms. The summed E-state index contributed by atoms with van der Waals surface area (Å²) in [6.07, 6.45) is 2.59. The SMILES string of the molecule is CNc1cc(C(=O)N2CCC3NNC(COc4ccccc4)C3C2)ccn1. The number of ether oxygens (including phenoxy) is 1. The normalized spacial score (nSPS) is 24.3. The second-order valence-electron chi connectivity index (χ2n) is 7.01. The molecule has 1 amide bonds. The number of benzene rings is 1. The van der Waals surface area contributed by atoms with Crippen LogP contribution in [0.1, 0.15) is 16.8 Å². The highest BCUT2D eigenvalue weighted by Crippen LogP contribution is 2.26. The first kappa shape index (κ1) is 17.8. The first-order valence-electron chi connectivity index (χ1n) is 9.36. The molecular formula is C20H25N5O2. The Hall–Kier alpha value is -2.64. The number of hydrogen-bond acceptors (Lipinski definition) is 6. The molecule has 2 saturated heterocycles.